The van der Waals surface area contributed by atoms with Crippen molar-refractivity contribution in [3.63, 3.8) is 0 Å². The van der Waals surface area contributed by atoms with Crippen LogP contribution >= 0.6 is 0 Å². The van der Waals surface area contributed by atoms with E-state index >= 15 is 0 Å². The fourth-order valence-electron chi connectivity index (χ4n) is 5.31. The normalized spacial score (nSPS) is 14.0. The molecule has 0 N–H and O–H groups in total. The Morgan fingerprint density at radius 3 is 2.59 bits per heavy atom. The van der Waals surface area contributed by atoms with Crippen LogP contribution in [0.3, 0.4) is 0 Å². The van der Waals surface area contributed by atoms with Gasteiger partial charge in [0.15, 0.2) is 29.6 Å². The van der Waals surface area contributed by atoms with Crippen LogP contribution in [0.1, 0.15) is 34.0 Å². The van der Waals surface area contributed by atoms with E-state index in [2.05, 4.69) is 45.6 Å². The van der Waals surface area contributed by atoms with Crippen molar-refractivity contribution in [2.45, 2.75) is 12.5 Å². The molecule has 1 unspecified atom stereocenters. The van der Waals surface area contributed by atoms with Crippen LogP contribution < -0.4 is 14.2 Å². The summed E-state index contributed by atoms with van der Waals surface area (Å²) in [5.41, 5.74) is 4.51. The molecule has 0 saturated carbocycles. The van der Waals surface area contributed by atoms with Gasteiger partial charge in [-0.15, -0.1) is 5.10 Å². The Morgan fingerprint density at radius 2 is 1.73 bits per heavy atom. The van der Waals surface area contributed by atoms with Crippen molar-refractivity contribution in [1.82, 2.24) is 19.6 Å². The standard InChI is InChI=1S/C32H25N5O4/c1-38-24-14-12-20(16-26(24)39-2)17-34-40-18-27-35-31-30-28(22-9-4-3-5-10-22)29-23-11-7-6-8-21(23)13-15-25(29)41-32(30)33-19-37(31)36-27/h3-17,19,28H,18H2,1-2H3/b34-17+. The van der Waals surface area contributed by atoms with Gasteiger partial charge in [-0.1, -0.05) is 65.8 Å². The van der Waals surface area contributed by atoms with Crippen molar-refractivity contribution >= 4 is 22.6 Å². The zero-order valence-electron chi connectivity index (χ0n) is 22.4. The summed E-state index contributed by atoms with van der Waals surface area (Å²) in [6.45, 7) is 0.0800. The smallest absolute Gasteiger partial charge is 0.228 e. The molecule has 202 valence electrons. The molecular weight excluding hydrogens is 518 g/mol. The number of rotatable bonds is 7. The third-order valence-corrected chi connectivity index (χ3v) is 7.16. The molecule has 1 aliphatic heterocycles. The first-order chi connectivity index (χ1) is 20.2. The highest BCUT2D eigenvalue weighted by Crippen LogP contribution is 2.50. The summed E-state index contributed by atoms with van der Waals surface area (Å²) < 4.78 is 18.7. The van der Waals surface area contributed by atoms with Gasteiger partial charge in [0, 0.05) is 17.0 Å². The van der Waals surface area contributed by atoms with Gasteiger partial charge in [0.1, 0.15) is 12.1 Å². The van der Waals surface area contributed by atoms with Gasteiger partial charge in [-0.05, 0) is 40.6 Å². The molecule has 0 amide bonds. The Hall–Kier alpha value is -5.44. The number of ether oxygens (including phenoxy) is 3. The molecular formula is C32H25N5O4. The van der Waals surface area contributed by atoms with Crippen molar-refractivity contribution in [2.75, 3.05) is 14.2 Å². The summed E-state index contributed by atoms with van der Waals surface area (Å²) in [6, 6.07) is 28.3. The summed E-state index contributed by atoms with van der Waals surface area (Å²) in [7, 11) is 3.19. The van der Waals surface area contributed by atoms with Gasteiger partial charge in [-0.2, -0.15) is 0 Å². The molecule has 4 aromatic carbocycles. The summed E-state index contributed by atoms with van der Waals surface area (Å²) in [4.78, 5) is 15.0. The zero-order chi connectivity index (χ0) is 27.8. The number of hydrogen-bond acceptors (Lipinski definition) is 8. The molecule has 41 heavy (non-hydrogen) atoms. The van der Waals surface area contributed by atoms with Gasteiger partial charge in [0.25, 0.3) is 0 Å². The minimum atomic E-state index is -0.154. The predicted octanol–water partition coefficient (Wildman–Crippen LogP) is 6.13. The topological polar surface area (TPSA) is 92.4 Å². The minimum absolute atomic E-state index is 0.0800. The van der Waals surface area contributed by atoms with Gasteiger partial charge >= 0.3 is 0 Å². The SMILES string of the molecule is COc1ccc(/C=N/OCc2nc3c4c(ncn3n2)Oc2ccc3ccccc3c2C4c2ccccc2)cc1OC. The van der Waals surface area contributed by atoms with E-state index in [0.29, 0.717) is 28.9 Å². The van der Waals surface area contributed by atoms with Crippen LogP contribution in [0.5, 0.6) is 23.1 Å². The van der Waals surface area contributed by atoms with E-state index in [1.165, 1.54) is 0 Å². The number of hydrogen-bond donors (Lipinski definition) is 0. The largest absolute Gasteiger partial charge is 0.493 e. The average molecular weight is 544 g/mol. The monoisotopic (exact) mass is 543 g/mol. The van der Waals surface area contributed by atoms with Crippen molar-refractivity contribution in [3.05, 3.63) is 119 Å². The van der Waals surface area contributed by atoms with Crippen molar-refractivity contribution in [1.29, 1.82) is 0 Å². The molecule has 0 fully saturated rings. The lowest BCUT2D eigenvalue weighted by Gasteiger charge is -2.29. The summed E-state index contributed by atoms with van der Waals surface area (Å²) in [5, 5.41) is 11.0. The number of aromatic nitrogens is 4. The molecule has 0 aliphatic carbocycles. The van der Waals surface area contributed by atoms with Gasteiger partial charge < -0.3 is 19.0 Å². The van der Waals surface area contributed by atoms with Crippen LogP contribution in [0.15, 0.2) is 96.4 Å². The predicted molar refractivity (Wildman–Crippen MR) is 154 cm³/mol. The van der Waals surface area contributed by atoms with Crippen molar-refractivity contribution in [3.8, 4) is 23.1 Å². The highest BCUT2D eigenvalue weighted by atomic mass is 16.6. The van der Waals surface area contributed by atoms with E-state index in [0.717, 1.165) is 38.8 Å². The highest BCUT2D eigenvalue weighted by Gasteiger charge is 2.34. The Kier molecular flexibility index (Phi) is 6.16. The molecule has 9 heteroatoms. The van der Waals surface area contributed by atoms with Gasteiger partial charge in [-0.25, -0.2) is 14.5 Å². The highest BCUT2D eigenvalue weighted by molar-refractivity contribution is 5.90. The fraction of sp³-hybridized carbons (Fsp3) is 0.125. The van der Waals surface area contributed by atoms with Crippen LogP contribution in [0.25, 0.3) is 16.4 Å². The lowest BCUT2D eigenvalue weighted by molar-refractivity contribution is 0.126. The molecule has 7 rings (SSSR count). The number of methoxy groups -OCH3 is 2. The fourth-order valence-corrected chi connectivity index (χ4v) is 5.31. The van der Waals surface area contributed by atoms with Crippen molar-refractivity contribution < 1.29 is 19.0 Å². The lowest BCUT2D eigenvalue weighted by Crippen LogP contribution is -2.15. The molecule has 9 nitrogen and oxygen atoms in total. The van der Waals surface area contributed by atoms with Crippen LogP contribution in [0, 0.1) is 0 Å². The maximum absolute atomic E-state index is 6.37. The molecule has 0 saturated heterocycles. The number of benzene rings is 4. The molecule has 0 spiro atoms. The second-order valence-electron chi connectivity index (χ2n) is 9.53. The van der Waals surface area contributed by atoms with E-state index in [9.17, 15) is 0 Å². The molecule has 1 atom stereocenters. The summed E-state index contributed by atoms with van der Waals surface area (Å²) >= 11 is 0. The van der Waals surface area contributed by atoms with E-state index in [1.807, 2.05) is 54.6 Å². The minimum Gasteiger partial charge on any atom is -0.493 e. The molecule has 3 heterocycles. The Labute approximate surface area is 235 Å². The van der Waals surface area contributed by atoms with Gasteiger partial charge in [-0.3, -0.25) is 0 Å². The third kappa shape index (κ3) is 4.37. The number of oxime groups is 1. The molecule has 0 bridgehead atoms. The average Bonchev–Trinajstić information content (AvgIpc) is 3.45. The van der Waals surface area contributed by atoms with E-state index in [4.69, 9.17) is 24.0 Å². The van der Waals surface area contributed by atoms with Crippen LogP contribution in [-0.4, -0.2) is 40.0 Å². The molecule has 6 aromatic rings. The first kappa shape index (κ1) is 24.6. The Bertz CT molecular complexity index is 1920. The van der Waals surface area contributed by atoms with Crippen LogP contribution in [0.4, 0.5) is 0 Å². The maximum atomic E-state index is 6.37. The first-order valence-corrected chi connectivity index (χ1v) is 13.1. The van der Waals surface area contributed by atoms with E-state index in [-0.39, 0.29) is 12.5 Å². The third-order valence-electron chi connectivity index (χ3n) is 7.16. The quantitative estimate of drug-likeness (QED) is 0.176. The lowest BCUT2D eigenvalue weighted by atomic mass is 9.81. The Balaban J connectivity index is 1.25. The Morgan fingerprint density at radius 1 is 0.902 bits per heavy atom. The van der Waals surface area contributed by atoms with Gasteiger partial charge in [0.2, 0.25) is 5.88 Å². The number of nitrogens with zero attached hydrogens (tertiary/aromatic N) is 5. The van der Waals surface area contributed by atoms with E-state index < -0.39 is 0 Å². The van der Waals surface area contributed by atoms with Crippen LogP contribution in [-0.2, 0) is 11.4 Å². The zero-order valence-corrected chi connectivity index (χ0v) is 22.4. The number of fused-ring (bicyclic) bond motifs is 6. The summed E-state index contributed by atoms with van der Waals surface area (Å²) in [6.07, 6.45) is 3.22. The molecule has 0 radical (unpaired) electrons. The second kappa shape index (κ2) is 10.3. The van der Waals surface area contributed by atoms with Crippen LogP contribution in [0.2, 0.25) is 0 Å². The molecule has 1 aliphatic rings. The first-order valence-electron chi connectivity index (χ1n) is 13.1. The molecule has 2 aromatic heterocycles. The van der Waals surface area contributed by atoms with Crippen molar-refractivity contribution in [2.24, 2.45) is 5.16 Å². The summed E-state index contributed by atoms with van der Waals surface area (Å²) in [5.74, 6) is 2.87. The van der Waals surface area contributed by atoms with E-state index in [1.54, 1.807) is 31.3 Å². The van der Waals surface area contributed by atoms with Gasteiger partial charge in [0.05, 0.1) is 26.0 Å². The maximum Gasteiger partial charge on any atom is 0.228 e. The second-order valence-corrected chi connectivity index (χ2v) is 9.53.